The first kappa shape index (κ1) is 19.6. The SMILES string of the molecule is Cc1ccc(Cn2nc(C)c(NS(=O)(=O)c3cccc([N+](=O)[O-])c3)c2C)cc1. The summed E-state index contributed by atoms with van der Waals surface area (Å²) in [5.74, 6) is 0. The zero-order valence-electron chi connectivity index (χ0n) is 15.7. The van der Waals surface area contributed by atoms with Gasteiger partial charge < -0.3 is 0 Å². The number of nitrogens with one attached hydrogen (secondary N) is 1. The Bertz CT molecular complexity index is 1140. The van der Waals surface area contributed by atoms with Crippen molar-refractivity contribution in [3.8, 4) is 0 Å². The molecule has 3 rings (SSSR count). The molecule has 0 radical (unpaired) electrons. The van der Waals surface area contributed by atoms with Crippen LogP contribution < -0.4 is 4.72 Å². The van der Waals surface area contributed by atoms with Gasteiger partial charge in [0.1, 0.15) is 0 Å². The summed E-state index contributed by atoms with van der Waals surface area (Å²) in [6, 6.07) is 12.9. The summed E-state index contributed by atoms with van der Waals surface area (Å²) in [5.41, 5.74) is 3.47. The van der Waals surface area contributed by atoms with Crippen LogP contribution in [-0.4, -0.2) is 23.1 Å². The maximum absolute atomic E-state index is 12.7. The maximum Gasteiger partial charge on any atom is 0.270 e. The van der Waals surface area contributed by atoms with Crippen molar-refractivity contribution in [1.82, 2.24) is 9.78 Å². The topological polar surface area (TPSA) is 107 Å². The first-order valence-corrected chi connectivity index (χ1v) is 10.0. The summed E-state index contributed by atoms with van der Waals surface area (Å²) in [4.78, 5) is 10.1. The molecule has 0 amide bonds. The van der Waals surface area contributed by atoms with Gasteiger partial charge in [0.25, 0.3) is 15.7 Å². The van der Waals surface area contributed by atoms with Gasteiger partial charge in [-0.3, -0.25) is 19.5 Å². The van der Waals surface area contributed by atoms with Crippen LogP contribution in [0.15, 0.2) is 53.4 Å². The van der Waals surface area contributed by atoms with E-state index in [4.69, 9.17) is 0 Å². The molecule has 0 aliphatic carbocycles. The normalized spacial score (nSPS) is 11.4. The molecular weight excluding hydrogens is 380 g/mol. The van der Waals surface area contributed by atoms with Gasteiger partial charge in [-0.15, -0.1) is 0 Å². The summed E-state index contributed by atoms with van der Waals surface area (Å²) in [5, 5.41) is 15.4. The average Bonchev–Trinajstić information content (AvgIpc) is 2.91. The minimum absolute atomic E-state index is 0.174. The largest absolute Gasteiger partial charge is 0.276 e. The van der Waals surface area contributed by atoms with E-state index in [9.17, 15) is 18.5 Å². The van der Waals surface area contributed by atoms with Crippen molar-refractivity contribution in [3.05, 3.63) is 81.2 Å². The molecule has 0 spiro atoms. The minimum atomic E-state index is -3.99. The molecule has 0 unspecified atom stereocenters. The van der Waals surface area contributed by atoms with Crippen LogP contribution in [0.5, 0.6) is 0 Å². The standard InChI is InChI=1S/C19H20N4O4S/c1-13-7-9-16(10-8-13)12-22-15(3)19(14(2)20-22)21-28(26,27)18-6-4-5-17(11-18)23(24)25/h4-11,21H,12H2,1-3H3. The van der Waals surface area contributed by atoms with E-state index in [0.29, 0.717) is 23.6 Å². The van der Waals surface area contributed by atoms with Crippen molar-refractivity contribution in [3.63, 3.8) is 0 Å². The van der Waals surface area contributed by atoms with Crippen molar-refractivity contribution in [2.75, 3.05) is 4.72 Å². The van der Waals surface area contributed by atoms with E-state index in [1.54, 1.807) is 18.5 Å². The van der Waals surface area contributed by atoms with Gasteiger partial charge in [0.05, 0.1) is 33.4 Å². The molecule has 0 fully saturated rings. The van der Waals surface area contributed by atoms with E-state index >= 15 is 0 Å². The van der Waals surface area contributed by atoms with Crippen LogP contribution in [0.2, 0.25) is 0 Å². The lowest BCUT2D eigenvalue weighted by molar-refractivity contribution is -0.385. The Morgan fingerprint density at radius 2 is 1.79 bits per heavy atom. The van der Waals surface area contributed by atoms with Crippen molar-refractivity contribution in [2.45, 2.75) is 32.2 Å². The number of aryl methyl sites for hydroxylation is 2. The van der Waals surface area contributed by atoms with Crippen molar-refractivity contribution in [2.24, 2.45) is 0 Å². The number of nitro groups is 1. The van der Waals surface area contributed by atoms with Crippen molar-refractivity contribution in [1.29, 1.82) is 0 Å². The highest BCUT2D eigenvalue weighted by atomic mass is 32.2. The van der Waals surface area contributed by atoms with Gasteiger partial charge in [0.2, 0.25) is 0 Å². The molecule has 3 aromatic rings. The predicted octanol–water partition coefficient (Wildman–Crippen LogP) is 3.57. The molecule has 8 nitrogen and oxygen atoms in total. The predicted molar refractivity (Wildman–Crippen MR) is 106 cm³/mol. The summed E-state index contributed by atoms with van der Waals surface area (Å²) >= 11 is 0. The Balaban J connectivity index is 1.90. The van der Waals surface area contributed by atoms with Gasteiger partial charge >= 0.3 is 0 Å². The van der Waals surface area contributed by atoms with Crippen LogP contribution in [0.4, 0.5) is 11.4 Å². The highest BCUT2D eigenvalue weighted by Crippen LogP contribution is 2.25. The van der Waals surface area contributed by atoms with E-state index in [0.717, 1.165) is 17.2 Å². The van der Waals surface area contributed by atoms with E-state index in [1.165, 1.54) is 18.2 Å². The molecule has 2 aromatic carbocycles. The maximum atomic E-state index is 12.7. The fourth-order valence-electron chi connectivity index (χ4n) is 2.82. The van der Waals surface area contributed by atoms with Gasteiger partial charge in [-0.05, 0) is 32.4 Å². The zero-order valence-corrected chi connectivity index (χ0v) is 16.5. The average molecular weight is 400 g/mol. The second-order valence-electron chi connectivity index (χ2n) is 6.55. The third kappa shape index (κ3) is 4.04. The van der Waals surface area contributed by atoms with Crippen LogP contribution in [-0.2, 0) is 16.6 Å². The Morgan fingerprint density at radius 1 is 1.11 bits per heavy atom. The first-order chi connectivity index (χ1) is 13.2. The molecule has 0 aliphatic rings. The molecule has 0 bridgehead atoms. The van der Waals surface area contributed by atoms with Gasteiger partial charge in [0, 0.05) is 12.1 Å². The Labute approximate surface area is 163 Å². The third-order valence-corrected chi connectivity index (χ3v) is 5.76. The number of non-ortho nitro benzene ring substituents is 1. The van der Waals surface area contributed by atoms with Crippen molar-refractivity contribution >= 4 is 21.4 Å². The summed E-state index contributed by atoms with van der Waals surface area (Å²) in [6.07, 6.45) is 0. The lowest BCUT2D eigenvalue weighted by Gasteiger charge is -2.09. The fourth-order valence-corrected chi connectivity index (χ4v) is 4.04. The second-order valence-corrected chi connectivity index (χ2v) is 8.23. The van der Waals surface area contributed by atoms with Gasteiger partial charge in [-0.25, -0.2) is 8.42 Å². The summed E-state index contributed by atoms with van der Waals surface area (Å²) in [6.45, 7) is 6.00. The lowest BCUT2D eigenvalue weighted by atomic mass is 10.1. The number of nitro benzene ring substituents is 1. The number of benzene rings is 2. The smallest absolute Gasteiger partial charge is 0.270 e. The molecule has 1 aromatic heterocycles. The Hall–Kier alpha value is -3.20. The van der Waals surface area contributed by atoms with E-state index in [-0.39, 0.29) is 10.6 Å². The zero-order chi connectivity index (χ0) is 20.5. The molecular formula is C19H20N4O4S. The van der Waals surface area contributed by atoms with E-state index < -0.39 is 14.9 Å². The molecule has 28 heavy (non-hydrogen) atoms. The first-order valence-electron chi connectivity index (χ1n) is 8.54. The monoisotopic (exact) mass is 400 g/mol. The fraction of sp³-hybridized carbons (Fsp3) is 0.211. The van der Waals surface area contributed by atoms with Crippen LogP contribution in [0.3, 0.4) is 0 Å². The number of aromatic nitrogens is 2. The molecule has 1 heterocycles. The molecule has 0 saturated carbocycles. The summed E-state index contributed by atoms with van der Waals surface area (Å²) in [7, 11) is -3.99. The van der Waals surface area contributed by atoms with Crippen LogP contribution >= 0.6 is 0 Å². The molecule has 0 aliphatic heterocycles. The Morgan fingerprint density at radius 3 is 2.43 bits per heavy atom. The number of nitrogens with zero attached hydrogens (tertiary/aromatic N) is 3. The number of hydrogen-bond acceptors (Lipinski definition) is 5. The third-order valence-electron chi connectivity index (χ3n) is 4.41. The number of hydrogen-bond donors (Lipinski definition) is 1. The molecule has 9 heteroatoms. The van der Waals surface area contributed by atoms with E-state index in [1.807, 2.05) is 31.2 Å². The highest BCUT2D eigenvalue weighted by Gasteiger charge is 2.22. The molecule has 146 valence electrons. The number of sulfonamides is 1. The van der Waals surface area contributed by atoms with Crippen LogP contribution in [0.1, 0.15) is 22.5 Å². The summed E-state index contributed by atoms with van der Waals surface area (Å²) < 4.78 is 29.7. The number of anilines is 1. The van der Waals surface area contributed by atoms with Gasteiger partial charge in [0.15, 0.2) is 0 Å². The second kappa shape index (κ2) is 7.43. The highest BCUT2D eigenvalue weighted by molar-refractivity contribution is 7.92. The Kier molecular flexibility index (Phi) is 5.19. The van der Waals surface area contributed by atoms with Crippen molar-refractivity contribution < 1.29 is 13.3 Å². The van der Waals surface area contributed by atoms with Crippen LogP contribution in [0, 0.1) is 30.9 Å². The van der Waals surface area contributed by atoms with E-state index in [2.05, 4.69) is 9.82 Å². The minimum Gasteiger partial charge on any atom is -0.276 e. The molecule has 1 N–H and O–H groups in total. The van der Waals surface area contributed by atoms with Gasteiger partial charge in [-0.1, -0.05) is 35.9 Å². The lowest BCUT2D eigenvalue weighted by Crippen LogP contribution is -2.14. The molecule has 0 saturated heterocycles. The van der Waals surface area contributed by atoms with Gasteiger partial charge in [-0.2, -0.15) is 5.10 Å². The quantitative estimate of drug-likeness (QED) is 0.503. The number of rotatable bonds is 6. The van der Waals surface area contributed by atoms with Crippen LogP contribution in [0.25, 0.3) is 0 Å². The molecule has 0 atom stereocenters.